The van der Waals surface area contributed by atoms with Crippen LogP contribution in [0.5, 0.6) is 0 Å². The van der Waals surface area contributed by atoms with Gasteiger partial charge in [0.2, 0.25) is 0 Å². The van der Waals surface area contributed by atoms with Crippen LogP contribution in [0.3, 0.4) is 0 Å². The van der Waals surface area contributed by atoms with Crippen LogP contribution in [0.2, 0.25) is 0 Å². The summed E-state index contributed by atoms with van der Waals surface area (Å²) in [5, 5.41) is 0. The van der Waals surface area contributed by atoms with Gasteiger partial charge in [-0.2, -0.15) is 0 Å². The van der Waals surface area contributed by atoms with Gasteiger partial charge >= 0.3 is 0 Å². The third kappa shape index (κ3) is 5.50. The fourth-order valence-electron chi connectivity index (χ4n) is 1.62. The van der Waals surface area contributed by atoms with Gasteiger partial charge in [-0.15, -0.1) is 0 Å². The van der Waals surface area contributed by atoms with E-state index in [0.717, 1.165) is 26.1 Å². The molecule has 0 N–H and O–H groups in total. The van der Waals surface area contributed by atoms with Crippen molar-refractivity contribution in [3.63, 3.8) is 0 Å². The van der Waals surface area contributed by atoms with E-state index in [1.54, 1.807) is 0 Å². The van der Waals surface area contributed by atoms with E-state index < -0.39 is 0 Å². The second kappa shape index (κ2) is 6.46. The highest BCUT2D eigenvalue weighted by Crippen LogP contribution is 2.20. The number of rotatable bonds is 6. The summed E-state index contributed by atoms with van der Waals surface area (Å²) in [7, 11) is 0. The van der Waals surface area contributed by atoms with Crippen LogP contribution in [0.4, 0.5) is 0 Å². The first-order valence-corrected chi connectivity index (χ1v) is 5.96. The Kier molecular flexibility index (Phi) is 5.58. The molecule has 1 heterocycles. The molecule has 0 amide bonds. The second-order valence-corrected chi connectivity index (χ2v) is 4.72. The molecule has 1 aliphatic heterocycles. The van der Waals surface area contributed by atoms with Crippen LogP contribution < -0.4 is 0 Å². The average Bonchev–Trinajstić information content (AvgIpc) is 2.59. The molecule has 0 aromatic heterocycles. The van der Waals surface area contributed by atoms with Crippen LogP contribution in [0, 0.1) is 0 Å². The molecule has 0 spiro atoms. The summed E-state index contributed by atoms with van der Waals surface area (Å²) in [6.07, 6.45) is 3.32. The third-order valence-corrected chi connectivity index (χ3v) is 2.43. The van der Waals surface area contributed by atoms with E-state index in [0.29, 0.717) is 12.2 Å². The Morgan fingerprint density at radius 3 is 1.67 bits per heavy atom. The Labute approximate surface area is 93.1 Å². The Balaban J connectivity index is 2.10. The van der Waals surface area contributed by atoms with Crippen LogP contribution in [0.1, 0.15) is 40.5 Å². The lowest BCUT2D eigenvalue weighted by Gasteiger charge is -2.16. The van der Waals surface area contributed by atoms with Crippen molar-refractivity contribution < 1.29 is 14.2 Å². The van der Waals surface area contributed by atoms with Crippen molar-refractivity contribution in [2.75, 3.05) is 13.2 Å². The fourth-order valence-corrected chi connectivity index (χ4v) is 1.62. The van der Waals surface area contributed by atoms with Crippen molar-refractivity contribution in [2.45, 2.75) is 65.0 Å². The maximum atomic E-state index is 5.81. The molecular weight excluding hydrogens is 192 g/mol. The van der Waals surface area contributed by atoms with E-state index in [1.165, 1.54) is 0 Å². The molecule has 0 aromatic rings. The molecule has 1 fully saturated rings. The summed E-state index contributed by atoms with van der Waals surface area (Å²) in [4.78, 5) is 0. The van der Waals surface area contributed by atoms with E-state index in [-0.39, 0.29) is 12.2 Å². The maximum Gasteiger partial charge on any atom is 0.0814 e. The summed E-state index contributed by atoms with van der Waals surface area (Å²) in [5.41, 5.74) is 0. The minimum atomic E-state index is 0.271. The Morgan fingerprint density at radius 1 is 0.933 bits per heavy atom. The molecule has 0 aliphatic carbocycles. The summed E-state index contributed by atoms with van der Waals surface area (Å²) in [6, 6.07) is 0. The maximum absolute atomic E-state index is 5.81. The van der Waals surface area contributed by atoms with Gasteiger partial charge in [0.25, 0.3) is 0 Å². The van der Waals surface area contributed by atoms with Gasteiger partial charge in [0.15, 0.2) is 0 Å². The highest BCUT2D eigenvalue weighted by atomic mass is 16.6. The highest BCUT2D eigenvalue weighted by Gasteiger charge is 2.25. The Bertz CT molecular complexity index is 150. The zero-order chi connectivity index (χ0) is 11.3. The van der Waals surface area contributed by atoms with Crippen molar-refractivity contribution in [1.29, 1.82) is 0 Å². The lowest BCUT2D eigenvalue weighted by Crippen LogP contribution is -2.22. The summed E-state index contributed by atoms with van der Waals surface area (Å²) >= 11 is 0. The van der Waals surface area contributed by atoms with Crippen molar-refractivity contribution in [3.05, 3.63) is 0 Å². The lowest BCUT2D eigenvalue weighted by molar-refractivity contribution is -0.0639. The Morgan fingerprint density at radius 2 is 1.33 bits per heavy atom. The topological polar surface area (TPSA) is 27.7 Å². The zero-order valence-corrected chi connectivity index (χ0v) is 10.4. The predicted molar refractivity (Wildman–Crippen MR) is 60.1 cm³/mol. The van der Waals surface area contributed by atoms with Gasteiger partial charge in [0.1, 0.15) is 0 Å². The minimum Gasteiger partial charge on any atom is -0.376 e. The van der Waals surface area contributed by atoms with Crippen LogP contribution in [0.15, 0.2) is 0 Å². The largest absolute Gasteiger partial charge is 0.376 e. The molecular formula is C12H24O3. The Hall–Kier alpha value is -0.120. The van der Waals surface area contributed by atoms with Crippen LogP contribution >= 0.6 is 0 Å². The van der Waals surface area contributed by atoms with Crippen LogP contribution in [-0.2, 0) is 14.2 Å². The van der Waals surface area contributed by atoms with Crippen molar-refractivity contribution in [1.82, 2.24) is 0 Å². The fraction of sp³-hybridized carbons (Fsp3) is 1.00. The molecule has 1 aliphatic rings. The first-order chi connectivity index (χ1) is 7.08. The molecule has 0 aromatic carbocycles. The van der Waals surface area contributed by atoms with Gasteiger partial charge in [0.05, 0.1) is 37.6 Å². The number of hydrogen-bond acceptors (Lipinski definition) is 3. The van der Waals surface area contributed by atoms with E-state index in [9.17, 15) is 0 Å². The molecule has 1 saturated heterocycles. The number of ether oxygens (including phenoxy) is 3. The van der Waals surface area contributed by atoms with Crippen molar-refractivity contribution >= 4 is 0 Å². The first kappa shape index (κ1) is 12.9. The lowest BCUT2D eigenvalue weighted by atomic mass is 10.2. The van der Waals surface area contributed by atoms with Gasteiger partial charge in [-0.1, -0.05) is 0 Å². The molecule has 2 atom stereocenters. The smallest absolute Gasteiger partial charge is 0.0814 e. The standard InChI is InChI=1S/C12H24O3/c1-9(2)13-7-11-5-6-12(15-11)8-14-10(3)4/h9-12H,5-8H2,1-4H3. The molecule has 0 saturated carbocycles. The molecule has 1 rings (SSSR count). The molecule has 3 heteroatoms. The summed E-state index contributed by atoms with van der Waals surface area (Å²) in [5.74, 6) is 0. The van der Waals surface area contributed by atoms with E-state index in [4.69, 9.17) is 14.2 Å². The van der Waals surface area contributed by atoms with Gasteiger partial charge in [0, 0.05) is 0 Å². The van der Waals surface area contributed by atoms with Crippen molar-refractivity contribution in [2.24, 2.45) is 0 Å². The van der Waals surface area contributed by atoms with E-state index in [2.05, 4.69) is 0 Å². The normalized spacial score (nSPS) is 26.8. The van der Waals surface area contributed by atoms with Gasteiger partial charge in [-0.25, -0.2) is 0 Å². The van der Waals surface area contributed by atoms with Crippen LogP contribution in [-0.4, -0.2) is 37.6 Å². The van der Waals surface area contributed by atoms with Gasteiger partial charge in [-0.05, 0) is 40.5 Å². The number of hydrogen-bond donors (Lipinski definition) is 0. The summed E-state index contributed by atoms with van der Waals surface area (Å²) in [6.45, 7) is 9.64. The first-order valence-electron chi connectivity index (χ1n) is 5.96. The van der Waals surface area contributed by atoms with E-state index >= 15 is 0 Å². The third-order valence-electron chi connectivity index (χ3n) is 2.43. The zero-order valence-electron chi connectivity index (χ0n) is 10.4. The predicted octanol–water partition coefficient (Wildman–Crippen LogP) is 2.38. The summed E-state index contributed by atoms with van der Waals surface area (Å²) < 4.78 is 16.9. The van der Waals surface area contributed by atoms with E-state index in [1.807, 2.05) is 27.7 Å². The van der Waals surface area contributed by atoms with Crippen molar-refractivity contribution in [3.8, 4) is 0 Å². The minimum absolute atomic E-state index is 0.271. The average molecular weight is 216 g/mol. The van der Waals surface area contributed by atoms with Crippen LogP contribution in [0.25, 0.3) is 0 Å². The molecule has 15 heavy (non-hydrogen) atoms. The quantitative estimate of drug-likeness (QED) is 0.682. The molecule has 0 radical (unpaired) electrons. The molecule has 2 unspecified atom stereocenters. The molecule has 0 bridgehead atoms. The monoisotopic (exact) mass is 216 g/mol. The second-order valence-electron chi connectivity index (χ2n) is 4.72. The SMILES string of the molecule is CC(C)OCC1CCC(COC(C)C)O1. The molecule has 90 valence electrons. The van der Waals surface area contributed by atoms with Gasteiger partial charge < -0.3 is 14.2 Å². The van der Waals surface area contributed by atoms with Gasteiger partial charge in [-0.3, -0.25) is 0 Å². The molecule has 3 nitrogen and oxygen atoms in total. The highest BCUT2D eigenvalue weighted by molar-refractivity contribution is 4.73.